The Balaban J connectivity index is 2.98. The maximum absolute atomic E-state index is 11.7. The molecule has 19 heavy (non-hydrogen) atoms. The minimum absolute atomic E-state index is 0.157. The Hall–Kier alpha value is -1.31. The molecule has 0 aliphatic heterocycles. The first kappa shape index (κ1) is 15.7. The van der Waals surface area contributed by atoms with E-state index in [1.54, 1.807) is 12.1 Å². The molecule has 0 heterocycles. The summed E-state index contributed by atoms with van der Waals surface area (Å²) in [6.45, 7) is 2.83. The first-order valence-electron chi connectivity index (χ1n) is 6.00. The van der Waals surface area contributed by atoms with Crippen molar-refractivity contribution in [3.8, 4) is 0 Å². The van der Waals surface area contributed by atoms with Gasteiger partial charge in [-0.2, -0.15) is 0 Å². The topological polar surface area (TPSA) is 87.5 Å². The Morgan fingerprint density at radius 1 is 1.37 bits per heavy atom. The number of nitrogens with zero attached hydrogens (tertiary/aromatic N) is 1. The minimum Gasteiger partial charge on any atom is -0.397 e. The van der Waals surface area contributed by atoms with Gasteiger partial charge in [0.15, 0.2) is 0 Å². The molecule has 0 saturated heterocycles. The van der Waals surface area contributed by atoms with Crippen LogP contribution in [0.1, 0.15) is 6.92 Å². The molecule has 4 N–H and O–H groups in total. The molecule has 0 aromatic heterocycles. The summed E-state index contributed by atoms with van der Waals surface area (Å²) in [6.07, 6.45) is 0. The number of hydrogen-bond donors (Lipinski definition) is 3. The van der Waals surface area contributed by atoms with E-state index >= 15 is 0 Å². The second-order valence-corrected chi connectivity index (χ2v) is 6.65. The molecule has 1 aromatic carbocycles. The van der Waals surface area contributed by atoms with Crippen LogP contribution in [-0.4, -0.2) is 47.0 Å². The monoisotopic (exact) mass is 286 g/mol. The van der Waals surface area contributed by atoms with Crippen molar-refractivity contribution >= 4 is 21.4 Å². The van der Waals surface area contributed by atoms with Crippen LogP contribution >= 0.6 is 0 Å². The van der Waals surface area contributed by atoms with Crippen molar-refractivity contribution in [3.63, 3.8) is 0 Å². The predicted molar refractivity (Wildman–Crippen MR) is 78.7 cm³/mol. The zero-order chi connectivity index (χ0) is 14.6. The molecular weight excluding hydrogens is 264 g/mol. The molecular formula is C12H22N4O2S. The number of likely N-dealkylation sites (N-methyl/N-ethyl adjacent to an activating group) is 1. The molecule has 1 aromatic rings. The van der Waals surface area contributed by atoms with E-state index in [2.05, 4.69) is 10.0 Å². The second-order valence-electron chi connectivity index (χ2n) is 4.76. The summed E-state index contributed by atoms with van der Waals surface area (Å²) in [5.74, 6) is 0. The quantitative estimate of drug-likeness (QED) is 0.664. The lowest BCUT2D eigenvalue weighted by Crippen LogP contribution is -2.30. The lowest BCUT2D eigenvalue weighted by atomic mass is 10.2. The molecule has 0 saturated carbocycles. The van der Waals surface area contributed by atoms with Gasteiger partial charge in [0.1, 0.15) is 0 Å². The summed E-state index contributed by atoms with van der Waals surface area (Å²) < 4.78 is 25.8. The van der Waals surface area contributed by atoms with E-state index in [-0.39, 0.29) is 10.9 Å². The molecule has 0 amide bonds. The fourth-order valence-corrected chi connectivity index (χ4v) is 2.56. The van der Waals surface area contributed by atoms with Gasteiger partial charge >= 0.3 is 0 Å². The average Bonchev–Trinajstić information content (AvgIpc) is 2.30. The van der Waals surface area contributed by atoms with Crippen LogP contribution in [0.5, 0.6) is 0 Å². The highest BCUT2D eigenvalue weighted by Crippen LogP contribution is 2.23. The molecule has 0 aliphatic rings. The number of hydrogen-bond acceptors (Lipinski definition) is 5. The van der Waals surface area contributed by atoms with E-state index in [1.165, 1.54) is 13.1 Å². The Kier molecular flexibility index (Phi) is 5.16. The number of sulfonamides is 1. The molecule has 6 nitrogen and oxygen atoms in total. The van der Waals surface area contributed by atoms with Gasteiger partial charge in [0.2, 0.25) is 10.0 Å². The molecule has 0 spiro atoms. The zero-order valence-electron chi connectivity index (χ0n) is 11.8. The van der Waals surface area contributed by atoms with Crippen LogP contribution in [-0.2, 0) is 10.0 Å². The number of nitrogen functional groups attached to an aromatic ring is 1. The lowest BCUT2D eigenvalue weighted by molar-refractivity contribution is 0.392. The Labute approximate surface area is 115 Å². The van der Waals surface area contributed by atoms with Gasteiger partial charge in [-0.3, -0.25) is 0 Å². The van der Waals surface area contributed by atoms with Crippen LogP contribution in [0.25, 0.3) is 0 Å². The summed E-state index contributed by atoms with van der Waals surface area (Å²) >= 11 is 0. The molecule has 0 radical (unpaired) electrons. The van der Waals surface area contributed by atoms with Crippen molar-refractivity contribution in [1.82, 2.24) is 9.62 Å². The van der Waals surface area contributed by atoms with Gasteiger partial charge in [-0.1, -0.05) is 0 Å². The van der Waals surface area contributed by atoms with Crippen LogP contribution in [0, 0.1) is 0 Å². The zero-order valence-corrected chi connectivity index (χ0v) is 12.6. The molecule has 108 valence electrons. The fourth-order valence-electron chi connectivity index (χ4n) is 1.80. The highest BCUT2D eigenvalue weighted by Gasteiger charge is 2.14. The molecule has 0 aliphatic carbocycles. The van der Waals surface area contributed by atoms with Crippen LogP contribution in [0.3, 0.4) is 0 Å². The van der Waals surface area contributed by atoms with Gasteiger partial charge in [0.05, 0.1) is 16.3 Å². The van der Waals surface area contributed by atoms with Crippen LogP contribution in [0.2, 0.25) is 0 Å². The van der Waals surface area contributed by atoms with Gasteiger partial charge in [-0.15, -0.1) is 0 Å². The third-order valence-corrected chi connectivity index (χ3v) is 4.06. The van der Waals surface area contributed by atoms with E-state index < -0.39 is 10.0 Å². The number of nitrogens with one attached hydrogen (secondary N) is 2. The van der Waals surface area contributed by atoms with E-state index in [0.717, 1.165) is 6.54 Å². The van der Waals surface area contributed by atoms with Gasteiger partial charge < -0.3 is 16.0 Å². The molecule has 0 bridgehead atoms. The minimum atomic E-state index is -3.45. The number of anilines is 2. The van der Waals surface area contributed by atoms with Gasteiger partial charge in [-0.25, -0.2) is 13.1 Å². The first-order valence-corrected chi connectivity index (χ1v) is 7.49. The summed E-state index contributed by atoms with van der Waals surface area (Å²) in [4.78, 5) is 2.24. The standard InChI is InChI=1S/C12H22N4O2S/c1-9(8-16(3)4)15-12-7-10(5-6-11(12)13)19(17,18)14-2/h5-7,9,14-15H,8,13H2,1-4H3. The Bertz CT molecular complexity index is 529. The maximum Gasteiger partial charge on any atom is 0.240 e. The number of benzene rings is 1. The Morgan fingerprint density at radius 2 is 2.00 bits per heavy atom. The van der Waals surface area contributed by atoms with Gasteiger partial charge in [-0.05, 0) is 46.3 Å². The van der Waals surface area contributed by atoms with Crippen LogP contribution < -0.4 is 15.8 Å². The van der Waals surface area contributed by atoms with Gasteiger partial charge in [0, 0.05) is 12.6 Å². The first-order chi connectivity index (χ1) is 8.76. The third kappa shape index (κ3) is 4.38. The van der Waals surface area contributed by atoms with Crippen molar-refractivity contribution in [3.05, 3.63) is 18.2 Å². The van der Waals surface area contributed by atoms with Crippen LogP contribution in [0.4, 0.5) is 11.4 Å². The summed E-state index contributed by atoms with van der Waals surface area (Å²) in [5, 5.41) is 3.22. The lowest BCUT2D eigenvalue weighted by Gasteiger charge is -2.20. The van der Waals surface area contributed by atoms with Crippen molar-refractivity contribution < 1.29 is 8.42 Å². The number of nitrogens with two attached hydrogens (primary N) is 1. The van der Waals surface area contributed by atoms with Gasteiger partial charge in [0.25, 0.3) is 0 Å². The normalized spacial score (nSPS) is 13.5. The second kappa shape index (κ2) is 6.23. The SMILES string of the molecule is CNS(=O)(=O)c1ccc(N)c(NC(C)CN(C)C)c1. The predicted octanol–water partition coefficient (Wildman–Crippen LogP) is 0.539. The van der Waals surface area contributed by atoms with E-state index in [4.69, 9.17) is 5.73 Å². The average molecular weight is 286 g/mol. The highest BCUT2D eigenvalue weighted by molar-refractivity contribution is 7.89. The largest absolute Gasteiger partial charge is 0.397 e. The molecule has 1 rings (SSSR count). The Morgan fingerprint density at radius 3 is 2.53 bits per heavy atom. The van der Waals surface area contributed by atoms with Crippen molar-refractivity contribution in [1.29, 1.82) is 0 Å². The van der Waals surface area contributed by atoms with Crippen LogP contribution in [0.15, 0.2) is 23.1 Å². The van der Waals surface area contributed by atoms with Crippen molar-refractivity contribution in [2.24, 2.45) is 0 Å². The number of rotatable bonds is 6. The van der Waals surface area contributed by atoms with Crippen molar-refractivity contribution in [2.45, 2.75) is 17.9 Å². The molecule has 1 unspecified atom stereocenters. The molecule has 0 fully saturated rings. The highest BCUT2D eigenvalue weighted by atomic mass is 32.2. The summed E-state index contributed by atoms with van der Waals surface area (Å²) in [7, 11) is 1.88. The third-order valence-electron chi connectivity index (χ3n) is 2.64. The molecule has 7 heteroatoms. The fraction of sp³-hybridized carbons (Fsp3) is 0.500. The van der Waals surface area contributed by atoms with E-state index in [0.29, 0.717) is 11.4 Å². The van der Waals surface area contributed by atoms with E-state index in [9.17, 15) is 8.42 Å². The van der Waals surface area contributed by atoms with Crippen molar-refractivity contribution in [2.75, 3.05) is 38.7 Å². The summed E-state index contributed by atoms with van der Waals surface area (Å²) in [5.41, 5.74) is 7.02. The van der Waals surface area contributed by atoms with E-state index in [1.807, 2.05) is 25.9 Å². The summed E-state index contributed by atoms with van der Waals surface area (Å²) in [6, 6.07) is 4.79. The smallest absolute Gasteiger partial charge is 0.240 e. The molecule has 1 atom stereocenters. The maximum atomic E-state index is 11.7.